The Hall–Kier alpha value is -2.40. The van der Waals surface area contributed by atoms with Gasteiger partial charge in [-0.05, 0) is 62.9 Å². The molecule has 1 saturated heterocycles. The number of para-hydroxylation sites is 1. The van der Waals surface area contributed by atoms with Crippen LogP contribution in [-0.2, 0) is 24.2 Å². The van der Waals surface area contributed by atoms with Gasteiger partial charge in [-0.15, -0.1) is 0 Å². The third-order valence-electron chi connectivity index (χ3n) is 5.95. The molecule has 0 atom stereocenters. The molecule has 0 spiro atoms. The van der Waals surface area contributed by atoms with Gasteiger partial charge in [0.25, 0.3) is 0 Å². The van der Waals surface area contributed by atoms with Crippen LogP contribution < -0.4 is 10.1 Å². The van der Waals surface area contributed by atoms with Crippen molar-refractivity contribution in [2.45, 2.75) is 51.7 Å². The minimum atomic E-state index is -0.0978. The Labute approximate surface area is 173 Å². The Bertz CT molecular complexity index is 842. The molecule has 0 radical (unpaired) electrons. The molecule has 0 bridgehead atoms. The Morgan fingerprint density at radius 1 is 1.24 bits per heavy atom. The van der Waals surface area contributed by atoms with E-state index >= 15 is 0 Å². The molecule has 4 rings (SSSR count). The normalized spacial score (nSPS) is 18.8. The summed E-state index contributed by atoms with van der Waals surface area (Å²) in [4.78, 5) is 18.7. The molecule has 1 aromatic carbocycles. The molecule has 1 fully saturated rings. The van der Waals surface area contributed by atoms with E-state index in [2.05, 4.69) is 47.2 Å². The highest BCUT2D eigenvalue weighted by atomic mass is 16.5. The molecule has 1 aromatic heterocycles. The quantitative estimate of drug-likeness (QED) is 0.818. The molecule has 5 heteroatoms. The van der Waals surface area contributed by atoms with Crippen molar-refractivity contribution >= 4 is 5.91 Å². The zero-order valence-corrected chi connectivity index (χ0v) is 17.5. The van der Waals surface area contributed by atoms with Crippen LogP contribution in [0.1, 0.15) is 43.4 Å². The van der Waals surface area contributed by atoms with Crippen LogP contribution in [0.15, 0.2) is 42.7 Å². The maximum atomic E-state index is 12.2. The summed E-state index contributed by atoms with van der Waals surface area (Å²) in [6.45, 7) is 8.16. The number of aromatic nitrogens is 1. The minimum absolute atomic E-state index is 0.0834. The summed E-state index contributed by atoms with van der Waals surface area (Å²) in [7, 11) is 0. The first-order valence-corrected chi connectivity index (χ1v) is 10.7. The number of carbonyl (C=O) groups excluding carboxylic acids is 1. The van der Waals surface area contributed by atoms with Gasteiger partial charge in [0.15, 0.2) is 0 Å². The van der Waals surface area contributed by atoms with E-state index in [1.165, 1.54) is 11.1 Å². The van der Waals surface area contributed by atoms with E-state index in [9.17, 15) is 4.79 Å². The number of piperidine rings is 1. The Morgan fingerprint density at radius 3 is 2.83 bits per heavy atom. The standard InChI is InChI=1S/C24H31N3O2/c1-24(2)14-20-6-3-7-21(23(20)29-24)17-27-11-8-18(9-12-27)16-26-22(28)13-19-5-4-10-25-15-19/h3-7,10,15,18H,8-9,11-14,16-17H2,1-2H3,(H,26,28). The van der Waals surface area contributed by atoms with Gasteiger partial charge in [-0.3, -0.25) is 14.7 Å². The number of nitrogens with zero attached hydrogens (tertiary/aromatic N) is 2. The lowest BCUT2D eigenvalue weighted by atomic mass is 9.96. The number of hydrogen-bond donors (Lipinski definition) is 1. The van der Waals surface area contributed by atoms with Gasteiger partial charge in [0.1, 0.15) is 11.4 Å². The molecule has 2 aliphatic heterocycles. The van der Waals surface area contributed by atoms with Crippen LogP contribution in [0.3, 0.4) is 0 Å². The molecule has 154 valence electrons. The van der Waals surface area contributed by atoms with Crippen LogP contribution in [0.25, 0.3) is 0 Å². The van der Waals surface area contributed by atoms with Gasteiger partial charge in [-0.25, -0.2) is 0 Å². The minimum Gasteiger partial charge on any atom is -0.487 e. The smallest absolute Gasteiger partial charge is 0.224 e. The SMILES string of the molecule is CC1(C)Cc2cccc(CN3CCC(CNC(=O)Cc4cccnc4)CC3)c2O1. The van der Waals surface area contributed by atoms with Gasteiger partial charge in [-0.1, -0.05) is 24.3 Å². The fourth-order valence-electron chi connectivity index (χ4n) is 4.40. The van der Waals surface area contributed by atoms with E-state index in [1.54, 1.807) is 12.4 Å². The predicted molar refractivity (Wildman–Crippen MR) is 114 cm³/mol. The fraction of sp³-hybridized carbons (Fsp3) is 0.500. The number of hydrogen-bond acceptors (Lipinski definition) is 4. The van der Waals surface area contributed by atoms with E-state index in [-0.39, 0.29) is 11.5 Å². The maximum absolute atomic E-state index is 12.2. The average molecular weight is 394 g/mol. The van der Waals surface area contributed by atoms with Crippen molar-refractivity contribution in [1.29, 1.82) is 0 Å². The number of benzene rings is 1. The lowest BCUT2D eigenvalue weighted by molar-refractivity contribution is -0.120. The fourth-order valence-corrected chi connectivity index (χ4v) is 4.40. The highest BCUT2D eigenvalue weighted by Crippen LogP contribution is 2.38. The van der Waals surface area contributed by atoms with Crippen molar-refractivity contribution in [3.63, 3.8) is 0 Å². The summed E-state index contributed by atoms with van der Waals surface area (Å²) in [6, 6.07) is 10.4. The van der Waals surface area contributed by atoms with Crippen LogP contribution >= 0.6 is 0 Å². The Morgan fingerprint density at radius 2 is 2.07 bits per heavy atom. The molecule has 2 aromatic rings. The van der Waals surface area contributed by atoms with Crippen LogP contribution in [0, 0.1) is 5.92 Å². The van der Waals surface area contributed by atoms with E-state index in [4.69, 9.17) is 4.74 Å². The van der Waals surface area contributed by atoms with E-state index in [0.717, 1.165) is 56.8 Å². The van der Waals surface area contributed by atoms with E-state index < -0.39 is 0 Å². The summed E-state index contributed by atoms with van der Waals surface area (Å²) in [5.41, 5.74) is 3.50. The second kappa shape index (κ2) is 8.54. The number of pyridine rings is 1. The number of carbonyl (C=O) groups is 1. The summed E-state index contributed by atoms with van der Waals surface area (Å²) in [5.74, 6) is 1.74. The highest BCUT2D eigenvalue weighted by Gasteiger charge is 2.32. The monoisotopic (exact) mass is 393 g/mol. The summed E-state index contributed by atoms with van der Waals surface area (Å²) < 4.78 is 6.22. The zero-order valence-electron chi connectivity index (χ0n) is 17.5. The summed E-state index contributed by atoms with van der Waals surface area (Å²) in [5, 5.41) is 3.10. The second-order valence-corrected chi connectivity index (χ2v) is 9.01. The molecule has 1 amide bonds. The largest absolute Gasteiger partial charge is 0.487 e. The lowest BCUT2D eigenvalue weighted by Crippen LogP contribution is -2.38. The van der Waals surface area contributed by atoms with Crippen molar-refractivity contribution in [2.24, 2.45) is 5.92 Å². The van der Waals surface area contributed by atoms with Crippen LogP contribution in [-0.4, -0.2) is 41.0 Å². The number of amides is 1. The number of fused-ring (bicyclic) bond motifs is 1. The molecular weight excluding hydrogens is 362 g/mol. The molecule has 0 unspecified atom stereocenters. The molecule has 2 aliphatic rings. The number of nitrogens with one attached hydrogen (secondary N) is 1. The van der Waals surface area contributed by atoms with Crippen LogP contribution in [0.5, 0.6) is 5.75 Å². The van der Waals surface area contributed by atoms with Crippen molar-refractivity contribution in [3.8, 4) is 5.75 Å². The number of rotatable bonds is 6. The lowest BCUT2D eigenvalue weighted by Gasteiger charge is -2.32. The predicted octanol–water partition coefficient (Wildman–Crippen LogP) is 3.37. The highest BCUT2D eigenvalue weighted by molar-refractivity contribution is 5.78. The van der Waals surface area contributed by atoms with Crippen molar-refractivity contribution in [1.82, 2.24) is 15.2 Å². The number of likely N-dealkylation sites (tertiary alicyclic amines) is 1. The average Bonchev–Trinajstić information content (AvgIpc) is 3.03. The first kappa shape index (κ1) is 19.9. The zero-order chi connectivity index (χ0) is 20.3. The van der Waals surface area contributed by atoms with Crippen molar-refractivity contribution < 1.29 is 9.53 Å². The van der Waals surface area contributed by atoms with Gasteiger partial charge in [0.2, 0.25) is 5.91 Å². The second-order valence-electron chi connectivity index (χ2n) is 9.01. The van der Waals surface area contributed by atoms with Crippen molar-refractivity contribution in [2.75, 3.05) is 19.6 Å². The number of ether oxygens (including phenoxy) is 1. The Kier molecular flexibility index (Phi) is 5.86. The molecule has 1 N–H and O–H groups in total. The van der Waals surface area contributed by atoms with Gasteiger partial charge < -0.3 is 10.1 Å². The molecule has 5 nitrogen and oxygen atoms in total. The molecule has 3 heterocycles. The van der Waals surface area contributed by atoms with Gasteiger partial charge in [-0.2, -0.15) is 0 Å². The summed E-state index contributed by atoms with van der Waals surface area (Å²) >= 11 is 0. The molecule has 0 saturated carbocycles. The third-order valence-corrected chi connectivity index (χ3v) is 5.95. The van der Waals surface area contributed by atoms with Gasteiger partial charge in [0, 0.05) is 37.5 Å². The van der Waals surface area contributed by atoms with Gasteiger partial charge in [0.05, 0.1) is 6.42 Å². The van der Waals surface area contributed by atoms with Crippen LogP contribution in [0.4, 0.5) is 0 Å². The van der Waals surface area contributed by atoms with E-state index in [0.29, 0.717) is 12.3 Å². The topological polar surface area (TPSA) is 54.5 Å². The molecule has 0 aliphatic carbocycles. The first-order chi connectivity index (χ1) is 14.0. The first-order valence-electron chi connectivity index (χ1n) is 10.7. The van der Waals surface area contributed by atoms with Gasteiger partial charge >= 0.3 is 0 Å². The van der Waals surface area contributed by atoms with E-state index in [1.807, 2.05) is 12.1 Å². The Balaban J connectivity index is 1.23. The summed E-state index contributed by atoms with van der Waals surface area (Å²) in [6.07, 6.45) is 7.11. The molecular formula is C24H31N3O2. The third kappa shape index (κ3) is 5.15. The van der Waals surface area contributed by atoms with Crippen molar-refractivity contribution in [3.05, 3.63) is 59.4 Å². The van der Waals surface area contributed by atoms with Crippen LogP contribution in [0.2, 0.25) is 0 Å². The maximum Gasteiger partial charge on any atom is 0.224 e. The molecule has 29 heavy (non-hydrogen) atoms.